The molecule has 0 amide bonds. The van der Waals surface area contributed by atoms with Gasteiger partial charge in [-0.05, 0) is 50.5 Å². The first-order valence-corrected chi connectivity index (χ1v) is 11.1. The van der Waals surface area contributed by atoms with Crippen molar-refractivity contribution in [3.05, 3.63) is 54.0 Å². The van der Waals surface area contributed by atoms with E-state index in [4.69, 9.17) is 0 Å². The minimum absolute atomic E-state index is 0.182. The summed E-state index contributed by atoms with van der Waals surface area (Å²) >= 11 is 0. The van der Waals surface area contributed by atoms with Crippen LogP contribution in [0.4, 0.5) is 4.39 Å². The summed E-state index contributed by atoms with van der Waals surface area (Å²) in [6.45, 7) is 6.80. The molecule has 1 aromatic carbocycles. The molecule has 1 aliphatic heterocycles. The van der Waals surface area contributed by atoms with E-state index in [0.29, 0.717) is 0 Å². The predicted molar refractivity (Wildman–Crippen MR) is 115 cm³/mol. The van der Waals surface area contributed by atoms with Crippen LogP contribution >= 0.6 is 0 Å². The van der Waals surface area contributed by atoms with Crippen LogP contribution in [-0.4, -0.2) is 37.2 Å². The Bertz CT molecular complexity index is 1050. The molecule has 30 heavy (non-hydrogen) atoms. The number of halogens is 1. The fraction of sp³-hybridized carbons (Fsp3) is 0.542. The lowest BCUT2D eigenvalue weighted by Gasteiger charge is -2.52. The van der Waals surface area contributed by atoms with E-state index in [2.05, 4.69) is 34.5 Å². The first-order valence-electron chi connectivity index (χ1n) is 11.1. The van der Waals surface area contributed by atoms with Crippen LogP contribution in [0.5, 0.6) is 0 Å². The Kier molecular flexibility index (Phi) is 4.75. The summed E-state index contributed by atoms with van der Waals surface area (Å²) in [6, 6.07) is 5.39. The predicted octanol–water partition coefficient (Wildman–Crippen LogP) is 4.21. The zero-order valence-corrected chi connectivity index (χ0v) is 18.1. The van der Waals surface area contributed by atoms with Gasteiger partial charge in [-0.1, -0.05) is 6.42 Å². The minimum Gasteiger partial charge on any atom is -0.381 e. The van der Waals surface area contributed by atoms with Crippen molar-refractivity contribution in [2.24, 2.45) is 18.9 Å². The first-order chi connectivity index (χ1) is 14.4. The van der Waals surface area contributed by atoms with Gasteiger partial charge >= 0.3 is 0 Å². The molecule has 2 aromatic heterocycles. The fourth-order valence-corrected chi connectivity index (χ4v) is 5.88. The van der Waals surface area contributed by atoms with Gasteiger partial charge in [-0.3, -0.25) is 4.90 Å². The Morgan fingerprint density at radius 2 is 1.97 bits per heavy atom. The highest BCUT2D eigenvalue weighted by atomic mass is 19.1. The van der Waals surface area contributed by atoms with E-state index in [1.807, 2.05) is 23.9 Å². The number of nitrogens with zero attached hydrogens (tertiary/aromatic N) is 4. The van der Waals surface area contributed by atoms with Crippen LogP contribution in [0.3, 0.4) is 0 Å². The third-order valence-electron chi connectivity index (χ3n) is 7.32. The van der Waals surface area contributed by atoms with E-state index >= 15 is 0 Å². The molecule has 5 rings (SSSR count). The van der Waals surface area contributed by atoms with Crippen LogP contribution in [0.1, 0.15) is 50.5 Å². The summed E-state index contributed by atoms with van der Waals surface area (Å²) in [7, 11) is 1.97. The molecule has 2 bridgehead atoms. The monoisotopic (exact) mass is 410 g/mol. The quantitative estimate of drug-likeness (QED) is 0.701. The van der Waals surface area contributed by atoms with E-state index in [-0.39, 0.29) is 23.7 Å². The molecular weight excluding hydrogens is 379 g/mol. The molecule has 0 unspecified atom stereocenters. The minimum atomic E-state index is -0.845. The van der Waals surface area contributed by atoms with Gasteiger partial charge in [0, 0.05) is 68.5 Å². The Morgan fingerprint density at radius 3 is 2.60 bits per heavy atom. The van der Waals surface area contributed by atoms with Crippen LogP contribution < -0.4 is 0 Å². The average Bonchev–Trinajstić information content (AvgIpc) is 3.26. The van der Waals surface area contributed by atoms with E-state index in [0.717, 1.165) is 49.2 Å². The lowest BCUT2D eigenvalue weighted by atomic mass is 9.65. The van der Waals surface area contributed by atoms with Crippen molar-refractivity contribution in [2.75, 3.05) is 13.1 Å². The Hall–Kier alpha value is -2.18. The summed E-state index contributed by atoms with van der Waals surface area (Å²) in [4.78, 5) is 7.01. The Balaban J connectivity index is 1.45. The molecule has 1 N–H and O–H groups in total. The smallest absolute Gasteiger partial charge is 0.141 e. The van der Waals surface area contributed by atoms with Crippen LogP contribution in [0.15, 0.2) is 36.8 Å². The first kappa shape index (κ1) is 19.8. The van der Waals surface area contributed by atoms with Gasteiger partial charge in [0.15, 0.2) is 0 Å². The number of rotatable bonds is 4. The third-order valence-corrected chi connectivity index (χ3v) is 7.32. The summed E-state index contributed by atoms with van der Waals surface area (Å²) in [5.41, 5.74) is 1.35. The normalized spacial score (nSPS) is 27.3. The molecule has 0 radical (unpaired) electrons. The van der Waals surface area contributed by atoms with Crippen LogP contribution in [0, 0.1) is 17.7 Å². The summed E-state index contributed by atoms with van der Waals surface area (Å²) in [6.07, 6.45) is 9.11. The maximum absolute atomic E-state index is 13.9. The molecule has 1 saturated heterocycles. The van der Waals surface area contributed by atoms with Crippen molar-refractivity contribution in [1.29, 1.82) is 0 Å². The highest BCUT2D eigenvalue weighted by Gasteiger charge is 2.53. The second kappa shape index (κ2) is 7.20. The van der Waals surface area contributed by atoms with Crippen molar-refractivity contribution >= 4 is 10.9 Å². The van der Waals surface area contributed by atoms with E-state index in [1.54, 1.807) is 18.3 Å². The zero-order chi connectivity index (χ0) is 21.0. The molecule has 3 aromatic rings. The Morgan fingerprint density at radius 1 is 1.23 bits per heavy atom. The number of aryl methyl sites for hydroxylation is 1. The summed E-state index contributed by atoms with van der Waals surface area (Å²) in [5.74, 6) is 0.981. The van der Waals surface area contributed by atoms with Crippen molar-refractivity contribution in [3.63, 3.8) is 0 Å². The average molecular weight is 411 g/mol. The standard InChI is InChI=1S/C24H31FN4O/c1-16(2)29-13-17(21-8-7-20(25)11-22(21)29)12-28-14-18-5-4-6-19(15-28)24(18,30)23-26-9-10-27(23)3/h7-11,13,16,18-19,30H,4-6,12,14-15H2,1-3H3/t18-,19-/m1/s1. The highest BCUT2D eigenvalue weighted by molar-refractivity contribution is 5.84. The van der Waals surface area contributed by atoms with Crippen molar-refractivity contribution in [2.45, 2.75) is 51.3 Å². The van der Waals surface area contributed by atoms with Gasteiger partial charge in [0.1, 0.15) is 17.2 Å². The maximum atomic E-state index is 13.9. The largest absolute Gasteiger partial charge is 0.381 e. The Labute approximate surface area is 177 Å². The molecule has 2 fully saturated rings. The van der Waals surface area contributed by atoms with Gasteiger partial charge in [-0.15, -0.1) is 0 Å². The zero-order valence-electron chi connectivity index (χ0n) is 18.1. The van der Waals surface area contributed by atoms with Crippen LogP contribution in [0.25, 0.3) is 10.9 Å². The number of aromatic nitrogens is 3. The van der Waals surface area contributed by atoms with Crippen molar-refractivity contribution < 1.29 is 9.50 Å². The lowest BCUT2D eigenvalue weighted by Crippen LogP contribution is -2.58. The second-order valence-electron chi connectivity index (χ2n) is 9.52. The number of benzene rings is 1. The van der Waals surface area contributed by atoms with Gasteiger partial charge in [0.25, 0.3) is 0 Å². The number of piperidine rings is 1. The molecule has 6 heteroatoms. The second-order valence-corrected chi connectivity index (χ2v) is 9.52. The van der Waals surface area contributed by atoms with Gasteiger partial charge in [0.2, 0.25) is 0 Å². The van der Waals surface area contributed by atoms with Crippen molar-refractivity contribution in [1.82, 2.24) is 19.0 Å². The molecule has 160 valence electrons. The number of imidazole rings is 1. The van der Waals surface area contributed by atoms with Gasteiger partial charge in [-0.2, -0.15) is 0 Å². The van der Waals surface area contributed by atoms with Crippen molar-refractivity contribution in [3.8, 4) is 0 Å². The molecule has 2 atom stereocenters. The number of likely N-dealkylation sites (tertiary alicyclic amines) is 1. The SMILES string of the molecule is CC(C)n1cc(CN2C[C@H]3CCC[C@H](C2)C3(O)c2nccn2C)c2ccc(F)cc21. The molecule has 5 nitrogen and oxygen atoms in total. The topological polar surface area (TPSA) is 46.2 Å². The molecular formula is C24H31FN4O. The van der Waals surface area contributed by atoms with Gasteiger partial charge < -0.3 is 14.2 Å². The highest BCUT2D eigenvalue weighted by Crippen LogP contribution is 2.48. The summed E-state index contributed by atoms with van der Waals surface area (Å²) < 4.78 is 18.0. The molecule has 3 heterocycles. The van der Waals surface area contributed by atoms with E-state index in [1.165, 1.54) is 12.0 Å². The number of aliphatic hydroxyl groups is 1. The van der Waals surface area contributed by atoms with Gasteiger partial charge in [0.05, 0.1) is 5.52 Å². The van der Waals surface area contributed by atoms with Crippen LogP contribution in [0.2, 0.25) is 0 Å². The number of fused-ring (bicyclic) bond motifs is 3. The molecule has 1 aliphatic carbocycles. The summed E-state index contributed by atoms with van der Waals surface area (Å²) in [5, 5.41) is 12.9. The molecule has 2 aliphatic rings. The molecule has 0 spiro atoms. The van der Waals surface area contributed by atoms with E-state index in [9.17, 15) is 9.50 Å². The van der Waals surface area contributed by atoms with E-state index < -0.39 is 5.60 Å². The lowest BCUT2D eigenvalue weighted by molar-refractivity contribution is -0.155. The number of hydrogen-bond acceptors (Lipinski definition) is 3. The fourth-order valence-electron chi connectivity index (χ4n) is 5.88. The molecule has 1 saturated carbocycles. The number of hydrogen-bond donors (Lipinski definition) is 1. The van der Waals surface area contributed by atoms with Gasteiger partial charge in [-0.25, -0.2) is 9.37 Å². The maximum Gasteiger partial charge on any atom is 0.141 e. The third kappa shape index (κ3) is 3.00. The van der Waals surface area contributed by atoms with Crippen LogP contribution in [-0.2, 0) is 19.2 Å².